The number of hydrogen-bond donors (Lipinski definition) is 2. The summed E-state index contributed by atoms with van der Waals surface area (Å²) in [4.78, 5) is 42.4. The van der Waals surface area contributed by atoms with E-state index in [2.05, 4.69) is 15.3 Å². The zero-order chi connectivity index (χ0) is 19.6. The molecule has 2 aromatic rings. The first-order valence-corrected chi connectivity index (χ1v) is 9.80. The van der Waals surface area contributed by atoms with Crippen molar-refractivity contribution in [2.45, 2.75) is 38.3 Å². The van der Waals surface area contributed by atoms with Crippen LogP contribution in [-0.4, -0.2) is 34.2 Å². The first-order chi connectivity index (χ1) is 13.0. The maximum absolute atomic E-state index is 12.1. The summed E-state index contributed by atoms with van der Waals surface area (Å²) in [5.41, 5.74) is 1.51. The highest BCUT2D eigenvalue weighted by atomic mass is 32.2. The van der Waals surface area contributed by atoms with Gasteiger partial charge in [0.2, 0.25) is 5.91 Å². The summed E-state index contributed by atoms with van der Waals surface area (Å²) < 4.78 is 5.06. The van der Waals surface area contributed by atoms with Crippen molar-refractivity contribution >= 4 is 29.3 Å². The van der Waals surface area contributed by atoms with Gasteiger partial charge in [-0.05, 0) is 37.1 Å². The molecule has 1 aromatic heterocycles. The second kappa shape index (κ2) is 10.5. The zero-order valence-corrected chi connectivity index (χ0v) is 16.2. The molecule has 0 aliphatic carbocycles. The summed E-state index contributed by atoms with van der Waals surface area (Å²) >= 11 is 1.17. The Morgan fingerprint density at radius 2 is 1.93 bits per heavy atom. The van der Waals surface area contributed by atoms with Crippen molar-refractivity contribution in [2.24, 2.45) is 0 Å². The van der Waals surface area contributed by atoms with Crippen LogP contribution in [0.1, 0.15) is 42.7 Å². The number of aromatic amines is 1. The molecule has 0 aliphatic rings. The number of nitrogens with one attached hydrogen (secondary N) is 2. The molecule has 1 heterocycles. The van der Waals surface area contributed by atoms with Crippen molar-refractivity contribution < 1.29 is 14.3 Å². The summed E-state index contributed by atoms with van der Waals surface area (Å²) in [5, 5.41) is 3.17. The van der Waals surface area contributed by atoms with Gasteiger partial charge < -0.3 is 15.0 Å². The molecule has 7 nitrogen and oxygen atoms in total. The molecule has 0 spiro atoms. The molecule has 0 bridgehead atoms. The number of esters is 1. The standard InChI is InChI=1S/C19H23N3O4S/c1-3-5-15-11-16(23)22-19(21-15)27-12-17(24)20-14-8-6-13(7-9-14)18(25)26-10-4-2/h6-9,11H,3-5,10,12H2,1-2H3,(H,20,24)(H,21,22,23). The van der Waals surface area contributed by atoms with E-state index in [1.165, 1.54) is 17.8 Å². The van der Waals surface area contributed by atoms with Crippen molar-refractivity contribution in [3.63, 3.8) is 0 Å². The Labute approximate surface area is 161 Å². The Balaban J connectivity index is 1.88. The van der Waals surface area contributed by atoms with E-state index in [4.69, 9.17) is 4.74 Å². The van der Waals surface area contributed by atoms with E-state index in [1.54, 1.807) is 24.3 Å². The predicted octanol–water partition coefficient (Wildman–Crippen LogP) is 3.02. The Kier molecular flexibility index (Phi) is 8.06. The van der Waals surface area contributed by atoms with Crippen LogP contribution in [0.3, 0.4) is 0 Å². The third-order valence-corrected chi connectivity index (χ3v) is 4.33. The Morgan fingerprint density at radius 1 is 1.19 bits per heavy atom. The van der Waals surface area contributed by atoms with Gasteiger partial charge in [0.05, 0.1) is 17.9 Å². The van der Waals surface area contributed by atoms with Crippen LogP contribution in [0.2, 0.25) is 0 Å². The minimum atomic E-state index is -0.382. The molecule has 2 rings (SSSR count). The number of benzene rings is 1. The van der Waals surface area contributed by atoms with Crippen LogP contribution >= 0.6 is 11.8 Å². The fraction of sp³-hybridized carbons (Fsp3) is 0.368. The molecule has 0 radical (unpaired) electrons. The van der Waals surface area contributed by atoms with Crippen molar-refractivity contribution in [1.29, 1.82) is 0 Å². The zero-order valence-electron chi connectivity index (χ0n) is 15.4. The van der Waals surface area contributed by atoms with E-state index in [9.17, 15) is 14.4 Å². The highest BCUT2D eigenvalue weighted by Crippen LogP contribution is 2.14. The molecule has 2 N–H and O–H groups in total. The van der Waals surface area contributed by atoms with Gasteiger partial charge in [-0.15, -0.1) is 0 Å². The largest absolute Gasteiger partial charge is 0.462 e. The van der Waals surface area contributed by atoms with E-state index in [-0.39, 0.29) is 23.2 Å². The number of anilines is 1. The van der Waals surface area contributed by atoms with Crippen LogP contribution in [0.4, 0.5) is 5.69 Å². The summed E-state index contributed by atoms with van der Waals surface area (Å²) in [5.74, 6) is -0.504. The molecular weight excluding hydrogens is 366 g/mol. The van der Waals surface area contributed by atoms with E-state index < -0.39 is 0 Å². The highest BCUT2D eigenvalue weighted by molar-refractivity contribution is 7.99. The van der Waals surface area contributed by atoms with Crippen LogP contribution in [0, 0.1) is 0 Å². The normalized spacial score (nSPS) is 10.4. The molecule has 0 aliphatic heterocycles. The lowest BCUT2D eigenvalue weighted by atomic mass is 10.2. The van der Waals surface area contributed by atoms with Crippen LogP contribution in [0.15, 0.2) is 40.3 Å². The number of hydrogen-bond acceptors (Lipinski definition) is 6. The number of ether oxygens (including phenoxy) is 1. The molecule has 0 saturated heterocycles. The van der Waals surface area contributed by atoms with Gasteiger partial charge in [-0.2, -0.15) is 0 Å². The topological polar surface area (TPSA) is 101 Å². The second-order valence-corrected chi connectivity index (χ2v) is 6.81. The van der Waals surface area contributed by atoms with Gasteiger partial charge in [0.25, 0.3) is 5.56 Å². The lowest BCUT2D eigenvalue weighted by Gasteiger charge is -2.07. The van der Waals surface area contributed by atoms with Crippen LogP contribution in [0.25, 0.3) is 0 Å². The third kappa shape index (κ3) is 6.90. The summed E-state index contributed by atoms with van der Waals surface area (Å²) in [7, 11) is 0. The maximum atomic E-state index is 12.1. The summed E-state index contributed by atoms with van der Waals surface area (Å²) in [6, 6.07) is 7.98. The SMILES string of the molecule is CCCOC(=O)c1ccc(NC(=O)CSc2nc(CCC)cc(=O)[nH]2)cc1. The number of amides is 1. The number of rotatable bonds is 9. The summed E-state index contributed by atoms with van der Waals surface area (Å²) in [6.45, 7) is 4.32. The fourth-order valence-corrected chi connectivity index (χ4v) is 2.93. The monoisotopic (exact) mass is 389 g/mol. The average molecular weight is 389 g/mol. The molecule has 27 heavy (non-hydrogen) atoms. The van der Waals surface area contributed by atoms with E-state index in [1.807, 2.05) is 13.8 Å². The number of aromatic nitrogens is 2. The summed E-state index contributed by atoms with van der Waals surface area (Å²) in [6.07, 6.45) is 2.37. The minimum absolute atomic E-state index is 0.110. The fourth-order valence-electron chi connectivity index (χ4n) is 2.23. The highest BCUT2D eigenvalue weighted by Gasteiger charge is 2.09. The lowest BCUT2D eigenvalue weighted by molar-refractivity contribution is -0.113. The van der Waals surface area contributed by atoms with Gasteiger partial charge in [-0.25, -0.2) is 9.78 Å². The van der Waals surface area contributed by atoms with Gasteiger partial charge in [-0.1, -0.05) is 32.0 Å². The minimum Gasteiger partial charge on any atom is -0.462 e. The average Bonchev–Trinajstić information content (AvgIpc) is 2.65. The molecule has 1 amide bonds. The van der Waals surface area contributed by atoms with E-state index >= 15 is 0 Å². The molecule has 144 valence electrons. The van der Waals surface area contributed by atoms with Crippen molar-refractivity contribution in [2.75, 3.05) is 17.7 Å². The van der Waals surface area contributed by atoms with Gasteiger partial charge in [0, 0.05) is 17.4 Å². The number of aryl methyl sites for hydroxylation is 1. The molecule has 0 unspecified atom stereocenters. The number of nitrogens with zero attached hydrogens (tertiary/aromatic N) is 1. The number of H-pyrrole nitrogens is 1. The smallest absolute Gasteiger partial charge is 0.338 e. The molecule has 0 saturated carbocycles. The van der Waals surface area contributed by atoms with Crippen LogP contribution in [0.5, 0.6) is 0 Å². The first kappa shape index (κ1) is 20.7. The van der Waals surface area contributed by atoms with Crippen LogP contribution < -0.4 is 10.9 Å². The van der Waals surface area contributed by atoms with Gasteiger partial charge in [0.1, 0.15) is 0 Å². The number of thioether (sulfide) groups is 1. The number of carbonyl (C=O) groups is 2. The quantitative estimate of drug-likeness (QED) is 0.388. The molecule has 0 atom stereocenters. The van der Waals surface area contributed by atoms with Crippen molar-refractivity contribution in [3.8, 4) is 0 Å². The van der Waals surface area contributed by atoms with E-state index in [0.29, 0.717) is 23.0 Å². The van der Waals surface area contributed by atoms with Gasteiger partial charge in [-0.3, -0.25) is 9.59 Å². The second-order valence-electron chi connectivity index (χ2n) is 5.84. The number of carbonyl (C=O) groups excluding carboxylic acids is 2. The first-order valence-electron chi connectivity index (χ1n) is 8.82. The maximum Gasteiger partial charge on any atom is 0.338 e. The Bertz CT molecular complexity index is 834. The van der Waals surface area contributed by atoms with Crippen molar-refractivity contribution in [3.05, 3.63) is 51.9 Å². The van der Waals surface area contributed by atoms with Gasteiger partial charge in [0.15, 0.2) is 5.16 Å². The third-order valence-electron chi connectivity index (χ3n) is 3.46. The van der Waals surface area contributed by atoms with E-state index in [0.717, 1.165) is 25.0 Å². The van der Waals surface area contributed by atoms with Crippen molar-refractivity contribution in [1.82, 2.24) is 9.97 Å². The molecule has 8 heteroatoms. The molecular formula is C19H23N3O4S. The Hall–Kier alpha value is -2.61. The van der Waals surface area contributed by atoms with Crippen LogP contribution in [-0.2, 0) is 16.0 Å². The molecule has 0 fully saturated rings. The lowest BCUT2D eigenvalue weighted by Crippen LogP contribution is -2.16. The molecule has 1 aromatic carbocycles. The van der Waals surface area contributed by atoms with Gasteiger partial charge >= 0.3 is 5.97 Å². The Morgan fingerprint density at radius 3 is 2.59 bits per heavy atom. The predicted molar refractivity (Wildman–Crippen MR) is 105 cm³/mol.